The topological polar surface area (TPSA) is 35.2 Å². The van der Waals surface area contributed by atoms with E-state index in [9.17, 15) is 0 Å². The second-order valence-corrected chi connectivity index (χ2v) is 5.29. The third kappa shape index (κ3) is 4.14. The molecular weight excluding hydrogens is 210 g/mol. The minimum Gasteiger partial charge on any atom is -0.379 e. The summed E-state index contributed by atoms with van der Waals surface area (Å²) < 4.78 is 5.46. The molecule has 0 fully saturated rings. The molecule has 0 saturated carbocycles. The summed E-state index contributed by atoms with van der Waals surface area (Å²) in [5.41, 5.74) is 8.55. The highest BCUT2D eigenvalue weighted by molar-refractivity contribution is 5.29. The van der Waals surface area contributed by atoms with E-state index in [-0.39, 0.29) is 5.60 Å². The summed E-state index contributed by atoms with van der Waals surface area (Å²) >= 11 is 0. The first-order valence-corrected chi connectivity index (χ1v) is 6.31. The van der Waals surface area contributed by atoms with Gasteiger partial charge >= 0.3 is 0 Å². The third-order valence-electron chi connectivity index (χ3n) is 3.56. The van der Waals surface area contributed by atoms with E-state index in [0.29, 0.717) is 12.5 Å². The average Bonchev–Trinajstić information content (AvgIpc) is 2.32. The van der Waals surface area contributed by atoms with Crippen LogP contribution in [0, 0.1) is 6.92 Å². The van der Waals surface area contributed by atoms with E-state index in [0.717, 1.165) is 12.8 Å². The Labute approximate surface area is 105 Å². The molecule has 1 atom stereocenters. The normalized spacial score (nSPS) is 13.7. The molecule has 2 nitrogen and oxygen atoms in total. The molecule has 17 heavy (non-hydrogen) atoms. The van der Waals surface area contributed by atoms with Crippen molar-refractivity contribution >= 4 is 0 Å². The standard InChI is InChI=1S/C15H25NO/c1-12-7-5-6-8-14(12)13(11-16)9-10-15(2,3)17-4/h5-8,13H,9-11,16H2,1-4H3. The molecule has 96 valence electrons. The summed E-state index contributed by atoms with van der Waals surface area (Å²) in [6, 6.07) is 8.50. The van der Waals surface area contributed by atoms with Crippen LogP contribution in [0.2, 0.25) is 0 Å². The van der Waals surface area contributed by atoms with Crippen molar-refractivity contribution in [3.8, 4) is 0 Å². The zero-order valence-corrected chi connectivity index (χ0v) is 11.5. The maximum atomic E-state index is 5.90. The van der Waals surface area contributed by atoms with E-state index in [1.165, 1.54) is 11.1 Å². The lowest BCUT2D eigenvalue weighted by molar-refractivity contribution is 0.0125. The maximum Gasteiger partial charge on any atom is 0.0623 e. The summed E-state index contributed by atoms with van der Waals surface area (Å²) in [6.07, 6.45) is 2.10. The van der Waals surface area contributed by atoms with Gasteiger partial charge in [-0.2, -0.15) is 0 Å². The fourth-order valence-electron chi connectivity index (χ4n) is 2.07. The molecule has 0 saturated heterocycles. The number of hydrogen-bond acceptors (Lipinski definition) is 2. The Kier molecular flexibility index (Phi) is 5.16. The van der Waals surface area contributed by atoms with Gasteiger partial charge in [0, 0.05) is 7.11 Å². The fraction of sp³-hybridized carbons (Fsp3) is 0.600. The first-order chi connectivity index (χ1) is 8.00. The summed E-state index contributed by atoms with van der Waals surface area (Å²) in [4.78, 5) is 0. The van der Waals surface area contributed by atoms with Gasteiger partial charge in [-0.25, -0.2) is 0 Å². The minimum atomic E-state index is -0.0594. The lowest BCUT2D eigenvalue weighted by Crippen LogP contribution is -2.24. The molecule has 0 radical (unpaired) electrons. The summed E-state index contributed by atoms with van der Waals surface area (Å²) in [5.74, 6) is 0.436. The molecule has 0 bridgehead atoms. The molecule has 0 aliphatic rings. The van der Waals surface area contributed by atoms with Crippen LogP contribution >= 0.6 is 0 Å². The SMILES string of the molecule is COC(C)(C)CCC(CN)c1ccccc1C. The first kappa shape index (κ1) is 14.2. The van der Waals surface area contributed by atoms with Gasteiger partial charge in [0.25, 0.3) is 0 Å². The van der Waals surface area contributed by atoms with E-state index < -0.39 is 0 Å². The molecule has 2 N–H and O–H groups in total. The molecule has 0 aromatic heterocycles. The van der Waals surface area contributed by atoms with Crippen LogP contribution in [0.3, 0.4) is 0 Å². The van der Waals surface area contributed by atoms with Gasteiger partial charge in [0.15, 0.2) is 0 Å². The Morgan fingerprint density at radius 2 is 1.94 bits per heavy atom. The van der Waals surface area contributed by atoms with E-state index in [1.807, 2.05) is 0 Å². The Hall–Kier alpha value is -0.860. The van der Waals surface area contributed by atoms with Gasteiger partial charge in [0.1, 0.15) is 0 Å². The molecule has 1 unspecified atom stereocenters. The summed E-state index contributed by atoms with van der Waals surface area (Å²) in [7, 11) is 1.77. The Balaban J connectivity index is 2.70. The van der Waals surface area contributed by atoms with Crippen LogP contribution in [0.15, 0.2) is 24.3 Å². The second-order valence-electron chi connectivity index (χ2n) is 5.29. The van der Waals surface area contributed by atoms with Crippen molar-refractivity contribution in [3.63, 3.8) is 0 Å². The zero-order chi connectivity index (χ0) is 12.9. The molecule has 0 heterocycles. The van der Waals surface area contributed by atoms with Gasteiger partial charge in [0.05, 0.1) is 5.60 Å². The second kappa shape index (κ2) is 6.18. The molecule has 0 aliphatic carbocycles. The molecule has 2 heteroatoms. The van der Waals surface area contributed by atoms with Crippen molar-refractivity contribution in [1.29, 1.82) is 0 Å². The van der Waals surface area contributed by atoms with Crippen molar-refractivity contribution in [2.45, 2.75) is 45.1 Å². The average molecular weight is 235 g/mol. The predicted molar refractivity (Wildman–Crippen MR) is 73.3 cm³/mol. The van der Waals surface area contributed by atoms with Gasteiger partial charge in [-0.3, -0.25) is 0 Å². The lowest BCUT2D eigenvalue weighted by atomic mass is 9.87. The molecule has 1 rings (SSSR count). The first-order valence-electron chi connectivity index (χ1n) is 6.31. The van der Waals surface area contributed by atoms with E-state index in [1.54, 1.807) is 7.11 Å². The van der Waals surface area contributed by atoms with Crippen molar-refractivity contribution in [1.82, 2.24) is 0 Å². The van der Waals surface area contributed by atoms with Gasteiger partial charge in [-0.1, -0.05) is 24.3 Å². The van der Waals surface area contributed by atoms with E-state index in [2.05, 4.69) is 45.0 Å². The van der Waals surface area contributed by atoms with Crippen LogP contribution in [-0.2, 0) is 4.74 Å². The Bertz CT molecular complexity index is 347. The number of hydrogen-bond donors (Lipinski definition) is 1. The third-order valence-corrected chi connectivity index (χ3v) is 3.56. The zero-order valence-electron chi connectivity index (χ0n) is 11.5. The van der Waals surface area contributed by atoms with Crippen LogP contribution < -0.4 is 5.73 Å². The summed E-state index contributed by atoms with van der Waals surface area (Å²) in [6.45, 7) is 7.10. The van der Waals surface area contributed by atoms with Crippen LogP contribution in [0.1, 0.15) is 43.7 Å². The molecule has 0 aliphatic heterocycles. The van der Waals surface area contributed by atoms with Crippen LogP contribution in [0.5, 0.6) is 0 Å². The number of nitrogens with two attached hydrogens (primary N) is 1. The molecular formula is C15H25NO. The number of ether oxygens (including phenoxy) is 1. The van der Waals surface area contributed by atoms with Gasteiger partial charge < -0.3 is 10.5 Å². The van der Waals surface area contributed by atoms with Crippen molar-refractivity contribution < 1.29 is 4.74 Å². The highest BCUT2D eigenvalue weighted by atomic mass is 16.5. The van der Waals surface area contributed by atoms with Crippen molar-refractivity contribution in [3.05, 3.63) is 35.4 Å². The monoisotopic (exact) mass is 235 g/mol. The molecule has 0 amide bonds. The predicted octanol–water partition coefficient (Wildman–Crippen LogP) is 3.24. The quantitative estimate of drug-likeness (QED) is 0.821. The van der Waals surface area contributed by atoms with Gasteiger partial charge in [-0.15, -0.1) is 0 Å². The number of benzene rings is 1. The highest BCUT2D eigenvalue weighted by Crippen LogP contribution is 2.27. The summed E-state index contributed by atoms with van der Waals surface area (Å²) in [5, 5.41) is 0. The lowest BCUT2D eigenvalue weighted by Gasteiger charge is -2.26. The van der Waals surface area contributed by atoms with E-state index >= 15 is 0 Å². The highest BCUT2D eigenvalue weighted by Gasteiger charge is 2.20. The van der Waals surface area contributed by atoms with Crippen LogP contribution in [0.4, 0.5) is 0 Å². The largest absolute Gasteiger partial charge is 0.379 e. The molecule has 1 aromatic carbocycles. The Morgan fingerprint density at radius 1 is 1.29 bits per heavy atom. The maximum absolute atomic E-state index is 5.90. The van der Waals surface area contributed by atoms with Gasteiger partial charge in [-0.05, 0) is 57.2 Å². The van der Waals surface area contributed by atoms with Crippen LogP contribution in [0.25, 0.3) is 0 Å². The van der Waals surface area contributed by atoms with Gasteiger partial charge in [0.2, 0.25) is 0 Å². The Morgan fingerprint density at radius 3 is 2.47 bits per heavy atom. The van der Waals surface area contributed by atoms with E-state index in [4.69, 9.17) is 10.5 Å². The number of aryl methyl sites for hydroxylation is 1. The number of methoxy groups -OCH3 is 1. The van der Waals surface area contributed by atoms with Crippen molar-refractivity contribution in [2.75, 3.05) is 13.7 Å². The number of rotatable bonds is 6. The molecule has 1 aromatic rings. The minimum absolute atomic E-state index is 0.0594. The van der Waals surface area contributed by atoms with Crippen LogP contribution in [-0.4, -0.2) is 19.3 Å². The smallest absolute Gasteiger partial charge is 0.0623 e. The van der Waals surface area contributed by atoms with Crippen molar-refractivity contribution in [2.24, 2.45) is 5.73 Å². The fourth-order valence-corrected chi connectivity index (χ4v) is 2.07. The molecule has 0 spiro atoms.